The maximum atomic E-state index is 12.4. The number of para-hydroxylation sites is 1. The number of hydrogen-bond acceptors (Lipinski definition) is 3. The molecule has 1 heterocycles. The van der Waals surface area contributed by atoms with Crippen LogP contribution in [0.4, 0.5) is 0 Å². The molecular formula is C24H19Cl2N3O2. The van der Waals surface area contributed by atoms with Gasteiger partial charge in [-0.2, -0.15) is 5.10 Å². The summed E-state index contributed by atoms with van der Waals surface area (Å²) in [6, 6.07) is 20.5. The Bertz CT molecular complexity index is 1280. The summed E-state index contributed by atoms with van der Waals surface area (Å²) in [5, 5.41) is 6.24. The number of fused-ring (bicyclic) bond motifs is 1. The van der Waals surface area contributed by atoms with Crippen molar-refractivity contribution >= 4 is 46.2 Å². The van der Waals surface area contributed by atoms with Crippen molar-refractivity contribution in [2.45, 2.75) is 6.54 Å². The summed E-state index contributed by atoms with van der Waals surface area (Å²) in [7, 11) is 1.56. The highest BCUT2D eigenvalue weighted by Gasteiger charge is 2.09. The fourth-order valence-electron chi connectivity index (χ4n) is 3.33. The number of nitrogens with one attached hydrogen (secondary N) is 1. The van der Waals surface area contributed by atoms with Crippen molar-refractivity contribution in [2.24, 2.45) is 5.10 Å². The van der Waals surface area contributed by atoms with Crippen LogP contribution in [0.2, 0.25) is 10.0 Å². The normalized spacial score (nSPS) is 11.2. The second-order valence-electron chi connectivity index (χ2n) is 6.91. The maximum Gasteiger partial charge on any atom is 0.271 e. The minimum Gasteiger partial charge on any atom is -0.497 e. The number of hydrazone groups is 1. The van der Waals surface area contributed by atoms with Crippen LogP contribution in [-0.2, 0) is 6.54 Å². The number of carbonyl (C=O) groups is 1. The molecule has 0 spiro atoms. The van der Waals surface area contributed by atoms with E-state index >= 15 is 0 Å². The van der Waals surface area contributed by atoms with E-state index in [0.29, 0.717) is 27.9 Å². The van der Waals surface area contributed by atoms with Gasteiger partial charge in [0.15, 0.2) is 0 Å². The standard InChI is InChI=1S/C24H19Cl2N3O2/c1-31-19-6-4-5-17(12-19)24(30)28-27-13-18-15-29(23-8-3-2-7-20(18)23)14-16-9-10-21(25)22(26)11-16/h2-13,15H,14H2,1H3,(H,28,30)/b27-13+. The molecule has 7 heteroatoms. The van der Waals surface area contributed by atoms with Crippen molar-refractivity contribution in [3.05, 3.63) is 99.7 Å². The molecule has 0 aliphatic carbocycles. The van der Waals surface area contributed by atoms with Gasteiger partial charge in [-0.15, -0.1) is 0 Å². The van der Waals surface area contributed by atoms with Crippen LogP contribution in [0.1, 0.15) is 21.5 Å². The van der Waals surface area contributed by atoms with Crippen LogP contribution >= 0.6 is 23.2 Å². The summed E-state index contributed by atoms with van der Waals surface area (Å²) >= 11 is 12.2. The van der Waals surface area contributed by atoms with Gasteiger partial charge in [0.05, 0.1) is 23.4 Å². The van der Waals surface area contributed by atoms with Crippen LogP contribution in [0.25, 0.3) is 10.9 Å². The molecule has 5 nitrogen and oxygen atoms in total. The fraction of sp³-hybridized carbons (Fsp3) is 0.0833. The van der Waals surface area contributed by atoms with Crippen LogP contribution in [0, 0.1) is 0 Å². The zero-order chi connectivity index (χ0) is 21.8. The molecule has 0 saturated carbocycles. The third-order valence-electron chi connectivity index (χ3n) is 4.86. The van der Waals surface area contributed by atoms with E-state index in [4.69, 9.17) is 27.9 Å². The second-order valence-corrected chi connectivity index (χ2v) is 7.72. The Morgan fingerprint density at radius 1 is 1.06 bits per heavy atom. The molecule has 156 valence electrons. The van der Waals surface area contributed by atoms with E-state index in [1.165, 1.54) is 0 Å². The van der Waals surface area contributed by atoms with Gasteiger partial charge in [0, 0.05) is 34.8 Å². The minimum absolute atomic E-state index is 0.310. The van der Waals surface area contributed by atoms with Gasteiger partial charge in [0.1, 0.15) is 5.75 Å². The summed E-state index contributed by atoms with van der Waals surface area (Å²) < 4.78 is 7.27. The molecule has 3 aromatic carbocycles. The number of rotatable bonds is 6. The van der Waals surface area contributed by atoms with E-state index in [1.54, 1.807) is 43.7 Å². The van der Waals surface area contributed by atoms with E-state index in [2.05, 4.69) is 15.1 Å². The number of carbonyl (C=O) groups excluding carboxylic acids is 1. The van der Waals surface area contributed by atoms with E-state index in [9.17, 15) is 4.79 Å². The van der Waals surface area contributed by atoms with Gasteiger partial charge in [0.25, 0.3) is 5.91 Å². The Hall–Kier alpha value is -3.28. The molecular weight excluding hydrogens is 433 g/mol. The first-order valence-corrected chi connectivity index (χ1v) is 10.3. The van der Waals surface area contributed by atoms with Gasteiger partial charge in [-0.1, -0.05) is 53.5 Å². The first-order valence-electron chi connectivity index (χ1n) is 9.54. The van der Waals surface area contributed by atoms with Gasteiger partial charge in [0.2, 0.25) is 0 Å². The lowest BCUT2D eigenvalue weighted by atomic mass is 10.2. The molecule has 0 aliphatic heterocycles. The first kappa shape index (κ1) is 21.0. The molecule has 1 aromatic heterocycles. The van der Waals surface area contributed by atoms with Crippen molar-refractivity contribution in [1.29, 1.82) is 0 Å². The SMILES string of the molecule is COc1cccc(C(=O)N/N=C/c2cn(Cc3ccc(Cl)c(Cl)c3)c3ccccc23)c1. The van der Waals surface area contributed by atoms with Crippen molar-refractivity contribution in [3.8, 4) is 5.75 Å². The van der Waals surface area contributed by atoms with Crippen molar-refractivity contribution in [2.75, 3.05) is 7.11 Å². The maximum absolute atomic E-state index is 12.4. The summed E-state index contributed by atoms with van der Waals surface area (Å²) in [4.78, 5) is 12.4. The summed E-state index contributed by atoms with van der Waals surface area (Å²) in [6.07, 6.45) is 3.64. The molecule has 0 saturated heterocycles. The topological polar surface area (TPSA) is 55.6 Å². The van der Waals surface area contributed by atoms with Crippen LogP contribution in [0.15, 0.2) is 78.0 Å². The number of hydrogen-bond donors (Lipinski definition) is 1. The van der Waals surface area contributed by atoms with Gasteiger partial charge in [-0.25, -0.2) is 5.43 Å². The van der Waals surface area contributed by atoms with Crippen LogP contribution in [0.5, 0.6) is 5.75 Å². The first-order chi connectivity index (χ1) is 15.0. The van der Waals surface area contributed by atoms with E-state index in [0.717, 1.165) is 22.0 Å². The molecule has 0 atom stereocenters. The summed E-state index contributed by atoms with van der Waals surface area (Å²) in [6.45, 7) is 0.626. The average molecular weight is 452 g/mol. The molecule has 0 unspecified atom stereocenters. The minimum atomic E-state index is -0.310. The molecule has 31 heavy (non-hydrogen) atoms. The van der Waals surface area contributed by atoms with Crippen LogP contribution in [0.3, 0.4) is 0 Å². The van der Waals surface area contributed by atoms with E-state index in [1.807, 2.05) is 42.6 Å². The second kappa shape index (κ2) is 9.25. The van der Waals surface area contributed by atoms with Crippen molar-refractivity contribution in [3.63, 3.8) is 0 Å². The van der Waals surface area contributed by atoms with Crippen LogP contribution < -0.4 is 10.2 Å². The number of amides is 1. The van der Waals surface area contributed by atoms with E-state index < -0.39 is 0 Å². The Morgan fingerprint density at radius 3 is 2.71 bits per heavy atom. The molecule has 4 rings (SSSR count). The lowest BCUT2D eigenvalue weighted by Crippen LogP contribution is -2.17. The number of ether oxygens (including phenoxy) is 1. The molecule has 0 bridgehead atoms. The highest BCUT2D eigenvalue weighted by Crippen LogP contribution is 2.25. The highest BCUT2D eigenvalue weighted by atomic mass is 35.5. The highest BCUT2D eigenvalue weighted by molar-refractivity contribution is 6.42. The number of aromatic nitrogens is 1. The fourth-order valence-corrected chi connectivity index (χ4v) is 3.65. The Labute approximate surface area is 189 Å². The monoisotopic (exact) mass is 451 g/mol. The van der Waals surface area contributed by atoms with Gasteiger partial charge < -0.3 is 9.30 Å². The molecule has 0 aliphatic rings. The van der Waals surface area contributed by atoms with Crippen molar-refractivity contribution in [1.82, 2.24) is 9.99 Å². The quantitative estimate of drug-likeness (QED) is 0.298. The third kappa shape index (κ3) is 4.74. The predicted octanol–water partition coefficient (Wildman–Crippen LogP) is 5.77. The Morgan fingerprint density at radius 2 is 1.90 bits per heavy atom. The molecule has 1 amide bonds. The molecule has 1 N–H and O–H groups in total. The van der Waals surface area contributed by atoms with Crippen LogP contribution in [-0.4, -0.2) is 23.8 Å². The summed E-state index contributed by atoms with van der Waals surface area (Å²) in [5.41, 5.74) is 6.01. The Balaban J connectivity index is 1.56. The Kier molecular flexibility index (Phi) is 6.26. The number of methoxy groups -OCH3 is 1. The predicted molar refractivity (Wildman–Crippen MR) is 126 cm³/mol. The van der Waals surface area contributed by atoms with Gasteiger partial charge in [-0.3, -0.25) is 4.79 Å². The zero-order valence-corrected chi connectivity index (χ0v) is 18.2. The van der Waals surface area contributed by atoms with E-state index in [-0.39, 0.29) is 5.91 Å². The third-order valence-corrected chi connectivity index (χ3v) is 5.60. The van der Waals surface area contributed by atoms with Gasteiger partial charge in [-0.05, 0) is 42.0 Å². The average Bonchev–Trinajstić information content (AvgIpc) is 3.13. The number of benzene rings is 3. The molecule has 0 fully saturated rings. The summed E-state index contributed by atoms with van der Waals surface area (Å²) in [5.74, 6) is 0.302. The number of halogens is 2. The zero-order valence-electron chi connectivity index (χ0n) is 16.7. The lowest BCUT2D eigenvalue weighted by Gasteiger charge is -2.06. The number of nitrogens with zero attached hydrogens (tertiary/aromatic N) is 2. The lowest BCUT2D eigenvalue weighted by molar-refractivity contribution is 0.0955. The van der Waals surface area contributed by atoms with Gasteiger partial charge >= 0.3 is 0 Å². The smallest absolute Gasteiger partial charge is 0.271 e. The van der Waals surface area contributed by atoms with Crippen molar-refractivity contribution < 1.29 is 9.53 Å². The largest absolute Gasteiger partial charge is 0.497 e. The molecule has 4 aromatic rings. The molecule has 0 radical (unpaired) electrons.